The van der Waals surface area contributed by atoms with Crippen LogP contribution >= 0.6 is 23.1 Å². The first-order valence-corrected chi connectivity index (χ1v) is 12.7. The molecule has 1 N–H and O–H groups in total. The number of hydrogen-bond acceptors (Lipinski definition) is 5. The summed E-state index contributed by atoms with van der Waals surface area (Å²) >= 11 is 3.03. The van der Waals surface area contributed by atoms with Crippen molar-refractivity contribution in [2.45, 2.75) is 43.3 Å². The second kappa shape index (κ2) is 10.4. The van der Waals surface area contributed by atoms with Gasteiger partial charge in [0, 0.05) is 9.77 Å². The van der Waals surface area contributed by atoms with Crippen LogP contribution in [0.2, 0.25) is 0 Å². The van der Waals surface area contributed by atoms with Crippen molar-refractivity contribution in [1.82, 2.24) is 0 Å². The van der Waals surface area contributed by atoms with E-state index in [1.807, 2.05) is 60.7 Å². The topological polar surface area (TPSA) is 55.4 Å². The Bertz CT molecular complexity index is 1080. The highest BCUT2D eigenvalue weighted by Crippen LogP contribution is 2.42. The third kappa shape index (κ3) is 5.08. The molecule has 4 rings (SSSR count). The van der Waals surface area contributed by atoms with Crippen LogP contribution in [-0.4, -0.2) is 18.5 Å². The Morgan fingerprint density at radius 1 is 1.12 bits per heavy atom. The molecule has 32 heavy (non-hydrogen) atoms. The maximum absolute atomic E-state index is 13.5. The molecule has 166 valence electrons. The summed E-state index contributed by atoms with van der Waals surface area (Å²) in [7, 11) is 0. The Kier molecular flexibility index (Phi) is 7.33. The van der Waals surface area contributed by atoms with Gasteiger partial charge in [-0.15, -0.1) is 23.1 Å². The van der Waals surface area contributed by atoms with E-state index in [1.165, 1.54) is 28.0 Å². The number of esters is 1. The fourth-order valence-corrected chi connectivity index (χ4v) is 6.42. The van der Waals surface area contributed by atoms with Gasteiger partial charge in [-0.3, -0.25) is 4.79 Å². The number of ether oxygens (including phenoxy) is 1. The molecular weight excluding hydrogens is 438 g/mol. The lowest BCUT2D eigenvalue weighted by molar-refractivity contribution is -0.115. The van der Waals surface area contributed by atoms with Gasteiger partial charge in [-0.1, -0.05) is 55.5 Å². The molecule has 0 aliphatic heterocycles. The van der Waals surface area contributed by atoms with Gasteiger partial charge in [0.1, 0.15) is 10.3 Å². The highest BCUT2D eigenvalue weighted by atomic mass is 32.2. The summed E-state index contributed by atoms with van der Waals surface area (Å²) in [6, 6.07) is 19.7. The fraction of sp³-hybridized carbons (Fsp3) is 0.308. The molecule has 2 aromatic carbocycles. The lowest BCUT2D eigenvalue weighted by atomic mass is 9.88. The van der Waals surface area contributed by atoms with E-state index < -0.39 is 5.25 Å². The standard InChI is InChI=1S/C26H27NO3S2/c1-3-30-26(29)22-20-15-14-17(2)16-21(20)32-25(22)27-24(28)23(18-10-6-4-7-11-18)31-19-12-8-5-9-13-19/h4-13,17,23H,3,14-16H2,1-2H3,(H,27,28)/t17-,23-/m0/s1. The van der Waals surface area contributed by atoms with E-state index in [-0.39, 0.29) is 11.9 Å². The van der Waals surface area contributed by atoms with Crippen molar-refractivity contribution in [3.05, 3.63) is 82.2 Å². The molecule has 6 heteroatoms. The highest BCUT2D eigenvalue weighted by Gasteiger charge is 2.31. The summed E-state index contributed by atoms with van der Waals surface area (Å²) in [5.41, 5.74) is 2.52. The van der Waals surface area contributed by atoms with E-state index in [0.717, 1.165) is 35.3 Å². The first kappa shape index (κ1) is 22.6. The molecule has 1 heterocycles. The van der Waals surface area contributed by atoms with Gasteiger partial charge in [-0.25, -0.2) is 4.79 Å². The molecule has 0 spiro atoms. The van der Waals surface area contributed by atoms with Crippen LogP contribution in [0.15, 0.2) is 65.6 Å². The van der Waals surface area contributed by atoms with E-state index in [1.54, 1.807) is 6.92 Å². The number of thiophene rings is 1. The van der Waals surface area contributed by atoms with Crippen LogP contribution in [-0.2, 0) is 22.4 Å². The predicted molar refractivity (Wildman–Crippen MR) is 132 cm³/mol. The number of benzene rings is 2. The Labute approximate surface area is 197 Å². The van der Waals surface area contributed by atoms with Gasteiger partial charge < -0.3 is 10.1 Å². The third-order valence-electron chi connectivity index (χ3n) is 5.57. The second-order valence-electron chi connectivity index (χ2n) is 7.99. The van der Waals surface area contributed by atoms with Gasteiger partial charge >= 0.3 is 5.97 Å². The van der Waals surface area contributed by atoms with Crippen LogP contribution in [0.5, 0.6) is 0 Å². The molecule has 1 aliphatic rings. The molecule has 4 nitrogen and oxygen atoms in total. The number of carbonyl (C=O) groups is 2. The summed E-state index contributed by atoms with van der Waals surface area (Å²) in [5, 5.41) is 3.27. The zero-order valence-electron chi connectivity index (χ0n) is 18.3. The Morgan fingerprint density at radius 3 is 2.50 bits per heavy atom. The van der Waals surface area contributed by atoms with Gasteiger partial charge in [-0.2, -0.15) is 0 Å². The Hall–Kier alpha value is -2.57. The number of anilines is 1. The monoisotopic (exact) mass is 465 g/mol. The van der Waals surface area contributed by atoms with E-state index in [0.29, 0.717) is 23.1 Å². The molecule has 1 aliphatic carbocycles. The Balaban J connectivity index is 1.66. The molecule has 1 aromatic heterocycles. The van der Waals surface area contributed by atoms with Crippen molar-refractivity contribution in [3.8, 4) is 0 Å². The van der Waals surface area contributed by atoms with Crippen LogP contribution in [0, 0.1) is 5.92 Å². The largest absolute Gasteiger partial charge is 0.462 e. The minimum Gasteiger partial charge on any atom is -0.462 e. The maximum Gasteiger partial charge on any atom is 0.341 e. The molecule has 2 atom stereocenters. The van der Waals surface area contributed by atoms with Gasteiger partial charge in [0.2, 0.25) is 5.91 Å². The molecule has 0 fully saturated rings. The summed E-state index contributed by atoms with van der Waals surface area (Å²) in [6.07, 6.45) is 2.82. The number of rotatable bonds is 7. The molecule has 0 bridgehead atoms. The van der Waals surface area contributed by atoms with Crippen molar-refractivity contribution < 1.29 is 14.3 Å². The molecule has 0 saturated carbocycles. The van der Waals surface area contributed by atoms with Crippen molar-refractivity contribution in [3.63, 3.8) is 0 Å². The van der Waals surface area contributed by atoms with Crippen LogP contribution in [0.1, 0.15) is 51.9 Å². The third-order valence-corrected chi connectivity index (χ3v) is 8.00. The number of thioether (sulfide) groups is 1. The smallest absolute Gasteiger partial charge is 0.341 e. The SMILES string of the molecule is CCOC(=O)c1c(NC(=O)[C@@H](Sc2ccccc2)c2ccccc2)sc2c1CC[C@H](C)C2. The number of fused-ring (bicyclic) bond motifs is 1. The average Bonchev–Trinajstić information content (AvgIpc) is 3.15. The first-order valence-electron chi connectivity index (χ1n) is 11.0. The average molecular weight is 466 g/mol. The van der Waals surface area contributed by atoms with Gasteiger partial charge in [0.05, 0.1) is 12.2 Å². The van der Waals surface area contributed by atoms with E-state index in [4.69, 9.17) is 4.74 Å². The predicted octanol–water partition coefficient (Wildman–Crippen LogP) is 6.52. The minimum atomic E-state index is -0.438. The van der Waals surface area contributed by atoms with Gasteiger partial charge in [-0.05, 0) is 55.4 Å². The molecule has 0 radical (unpaired) electrons. The van der Waals surface area contributed by atoms with E-state index >= 15 is 0 Å². The highest BCUT2D eigenvalue weighted by molar-refractivity contribution is 8.00. The summed E-state index contributed by atoms with van der Waals surface area (Å²) in [6.45, 7) is 4.34. The lowest BCUT2D eigenvalue weighted by Crippen LogP contribution is -2.20. The number of amides is 1. The first-order chi connectivity index (χ1) is 15.6. The van der Waals surface area contributed by atoms with Crippen molar-refractivity contribution in [1.29, 1.82) is 0 Å². The number of carbonyl (C=O) groups excluding carboxylic acids is 2. The van der Waals surface area contributed by atoms with Crippen LogP contribution in [0.3, 0.4) is 0 Å². The van der Waals surface area contributed by atoms with Gasteiger partial charge in [0.15, 0.2) is 0 Å². The molecule has 0 saturated heterocycles. The van der Waals surface area contributed by atoms with Crippen LogP contribution < -0.4 is 5.32 Å². The second-order valence-corrected chi connectivity index (χ2v) is 10.3. The molecule has 3 aromatic rings. The van der Waals surface area contributed by atoms with Crippen LogP contribution in [0.4, 0.5) is 5.00 Å². The zero-order chi connectivity index (χ0) is 22.5. The lowest BCUT2D eigenvalue weighted by Gasteiger charge is -2.18. The molecular formula is C26H27NO3S2. The summed E-state index contributed by atoms with van der Waals surface area (Å²) < 4.78 is 5.35. The zero-order valence-corrected chi connectivity index (χ0v) is 19.9. The normalized spacial score (nSPS) is 16.1. The molecule has 0 unspecified atom stereocenters. The number of nitrogens with one attached hydrogen (secondary N) is 1. The van der Waals surface area contributed by atoms with Crippen molar-refractivity contribution in [2.24, 2.45) is 5.92 Å². The van der Waals surface area contributed by atoms with Gasteiger partial charge in [0.25, 0.3) is 0 Å². The van der Waals surface area contributed by atoms with E-state index in [9.17, 15) is 9.59 Å². The minimum absolute atomic E-state index is 0.137. The maximum atomic E-state index is 13.5. The van der Waals surface area contributed by atoms with Crippen molar-refractivity contribution >= 4 is 40.0 Å². The number of hydrogen-bond donors (Lipinski definition) is 1. The van der Waals surface area contributed by atoms with Crippen LogP contribution in [0.25, 0.3) is 0 Å². The molecule has 1 amide bonds. The summed E-state index contributed by atoms with van der Waals surface area (Å²) in [5.74, 6) is 0.0922. The van der Waals surface area contributed by atoms with E-state index in [2.05, 4.69) is 12.2 Å². The quantitative estimate of drug-likeness (QED) is 0.319. The fourth-order valence-electron chi connectivity index (χ4n) is 3.97. The Morgan fingerprint density at radius 2 is 1.81 bits per heavy atom. The summed E-state index contributed by atoms with van der Waals surface area (Å²) in [4.78, 5) is 28.6. The van der Waals surface area contributed by atoms with Crippen molar-refractivity contribution in [2.75, 3.05) is 11.9 Å².